The quantitative estimate of drug-likeness (QED) is 0.305. The van der Waals surface area contributed by atoms with Gasteiger partial charge in [0.15, 0.2) is 5.96 Å². The average Bonchev–Trinajstić information content (AvgIpc) is 3.21. The molecular formula is C15H26N4O3S2. The van der Waals surface area contributed by atoms with E-state index in [1.807, 2.05) is 0 Å². The standard InChI is InChI=1S/C15H26N4O3S2/c1-16-15(17-7-3-10-22-12-13-5-6-13)18-8-9-19-24(20,21)14-4-2-11-23-14/h2,4,11,13,19H,3,5-10,12H2,1H3,(H2,16,17,18). The Bertz CT molecular complexity index is 598. The Morgan fingerprint density at radius 2 is 2.12 bits per heavy atom. The molecule has 9 heteroatoms. The van der Waals surface area contributed by atoms with E-state index in [1.54, 1.807) is 24.6 Å². The van der Waals surface area contributed by atoms with Crippen LogP contribution in [0.15, 0.2) is 26.7 Å². The molecule has 0 unspecified atom stereocenters. The topological polar surface area (TPSA) is 91.8 Å². The summed E-state index contributed by atoms with van der Waals surface area (Å²) in [6, 6.07) is 3.31. The number of hydrogen-bond acceptors (Lipinski definition) is 5. The zero-order chi connectivity index (χ0) is 17.3. The van der Waals surface area contributed by atoms with Crippen LogP contribution >= 0.6 is 11.3 Å². The molecule has 0 aliphatic heterocycles. The van der Waals surface area contributed by atoms with Gasteiger partial charge in [-0.25, -0.2) is 13.1 Å². The van der Waals surface area contributed by atoms with Gasteiger partial charge in [0.2, 0.25) is 10.0 Å². The number of nitrogens with zero attached hydrogens (tertiary/aromatic N) is 1. The average molecular weight is 375 g/mol. The van der Waals surface area contributed by atoms with Gasteiger partial charge in [0, 0.05) is 39.9 Å². The van der Waals surface area contributed by atoms with Crippen LogP contribution in [0.2, 0.25) is 0 Å². The lowest BCUT2D eigenvalue weighted by molar-refractivity contribution is 0.123. The SMILES string of the molecule is CN=C(NCCCOCC1CC1)NCCNS(=O)(=O)c1cccs1. The Morgan fingerprint density at radius 1 is 1.33 bits per heavy atom. The van der Waals surface area contributed by atoms with Gasteiger partial charge in [0.05, 0.1) is 0 Å². The van der Waals surface area contributed by atoms with Crippen LogP contribution in [0.25, 0.3) is 0 Å². The monoisotopic (exact) mass is 374 g/mol. The van der Waals surface area contributed by atoms with Gasteiger partial charge in [-0.1, -0.05) is 6.07 Å². The third-order valence-electron chi connectivity index (χ3n) is 3.50. The second-order valence-electron chi connectivity index (χ2n) is 5.63. The fraction of sp³-hybridized carbons (Fsp3) is 0.667. The van der Waals surface area contributed by atoms with Gasteiger partial charge >= 0.3 is 0 Å². The van der Waals surface area contributed by atoms with Gasteiger partial charge < -0.3 is 15.4 Å². The predicted molar refractivity (Wildman–Crippen MR) is 97.0 cm³/mol. The number of hydrogen-bond donors (Lipinski definition) is 3. The summed E-state index contributed by atoms with van der Waals surface area (Å²) >= 11 is 1.20. The number of aliphatic imine (C=N–C) groups is 1. The molecule has 1 aromatic rings. The van der Waals surface area contributed by atoms with E-state index in [0.717, 1.165) is 32.1 Å². The van der Waals surface area contributed by atoms with Crippen molar-refractivity contribution in [3.05, 3.63) is 17.5 Å². The number of sulfonamides is 1. The highest BCUT2D eigenvalue weighted by Crippen LogP contribution is 2.28. The van der Waals surface area contributed by atoms with Crippen LogP contribution in [0, 0.1) is 5.92 Å². The molecule has 0 saturated heterocycles. The molecule has 0 radical (unpaired) electrons. The largest absolute Gasteiger partial charge is 0.381 e. The zero-order valence-electron chi connectivity index (χ0n) is 14.0. The van der Waals surface area contributed by atoms with Crippen molar-refractivity contribution in [2.45, 2.75) is 23.5 Å². The minimum atomic E-state index is -3.40. The fourth-order valence-electron chi connectivity index (χ4n) is 1.99. The summed E-state index contributed by atoms with van der Waals surface area (Å²) in [5.74, 6) is 1.46. The molecule has 0 spiro atoms. The molecule has 0 atom stereocenters. The second kappa shape index (κ2) is 9.97. The molecule has 24 heavy (non-hydrogen) atoms. The van der Waals surface area contributed by atoms with E-state index in [9.17, 15) is 8.42 Å². The number of thiophene rings is 1. The summed E-state index contributed by atoms with van der Waals surface area (Å²) in [5, 5.41) is 8.01. The van der Waals surface area contributed by atoms with Crippen molar-refractivity contribution < 1.29 is 13.2 Å². The molecule has 1 saturated carbocycles. The Kier molecular flexibility index (Phi) is 7.97. The van der Waals surface area contributed by atoms with Gasteiger partial charge in [-0.05, 0) is 36.6 Å². The number of ether oxygens (including phenoxy) is 1. The molecule has 1 fully saturated rings. The van der Waals surface area contributed by atoms with Gasteiger partial charge in [-0.3, -0.25) is 4.99 Å². The van der Waals surface area contributed by atoms with Crippen LogP contribution in [0.1, 0.15) is 19.3 Å². The Labute approximate surface area is 147 Å². The zero-order valence-corrected chi connectivity index (χ0v) is 15.6. The second-order valence-corrected chi connectivity index (χ2v) is 8.57. The minimum Gasteiger partial charge on any atom is -0.381 e. The normalized spacial score (nSPS) is 15.5. The third-order valence-corrected chi connectivity index (χ3v) is 6.36. The Morgan fingerprint density at radius 3 is 2.79 bits per heavy atom. The molecule has 2 rings (SSSR count). The highest BCUT2D eigenvalue weighted by atomic mass is 32.2. The van der Waals surface area contributed by atoms with Crippen LogP contribution in [0.4, 0.5) is 0 Å². The van der Waals surface area contributed by atoms with Crippen molar-refractivity contribution in [3.8, 4) is 0 Å². The van der Waals surface area contributed by atoms with Gasteiger partial charge in [-0.2, -0.15) is 0 Å². The number of guanidine groups is 1. The molecular weight excluding hydrogens is 348 g/mol. The molecule has 3 N–H and O–H groups in total. The summed E-state index contributed by atoms with van der Waals surface area (Å²) in [4.78, 5) is 4.11. The maximum Gasteiger partial charge on any atom is 0.250 e. The van der Waals surface area contributed by atoms with Gasteiger partial charge in [-0.15, -0.1) is 11.3 Å². The summed E-state index contributed by atoms with van der Waals surface area (Å²) in [6.45, 7) is 3.16. The maximum atomic E-state index is 11.9. The lowest BCUT2D eigenvalue weighted by Crippen LogP contribution is -2.41. The van der Waals surface area contributed by atoms with Crippen LogP contribution in [-0.2, 0) is 14.8 Å². The first kappa shape index (κ1) is 19.2. The molecule has 136 valence electrons. The first-order chi connectivity index (χ1) is 11.6. The lowest BCUT2D eigenvalue weighted by Gasteiger charge is -2.12. The summed E-state index contributed by atoms with van der Waals surface area (Å²) in [5.41, 5.74) is 0. The van der Waals surface area contributed by atoms with E-state index < -0.39 is 10.0 Å². The van der Waals surface area contributed by atoms with E-state index in [2.05, 4.69) is 20.3 Å². The van der Waals surface area contributed by atoms with Crippen molar-refractivity contribution in [2.75, 3.05) is 39.9 Å². The smallest absolute Gasteiger partial charge is 0.250 e. The molecule has 0 aromatic carbocycles. The van der Waals surface area contributed by atoms with Crippen molar-refractivity contribution in [1.29, 1.82) is 0 Å². The van der Waals surface area contributed by atoms with Crippen molar-refractivity contribution in [2.24, 2.45) is 10.9 Å². The van der Waals surface area contributed by atoms with E-state index >= 15 is 0 Å². The van der Waals surface area contributed by atoms with E-state index in [0.29, 0.717) is 23.3 Å². The highest BCUT2D eigenvalue weighted by molar-refractivity contribution is 7.91. The van der Waals surface area contributed by atoms with Crippen molar-refractivity contribution >= 4 is 27.3 Å². The number of nitrogens with one attached hydrogen (secondary N) is 3. The minimum absolute atomic E-state index is 0.297. The lowest BCUT2D eigenvalue weighted by atomic mass is 10.4. The third kappa shape index (κ3) is 7.16. The maximum absolute atomic E-state index is 11.9. The summed E-state index contributed by atoms with van der Waals surface area (Å²) < 4.78 is 32.3. The molecule has 0 amide bonds. The predicted octanol–water partition coefficient (Wildman–Crippen LogP) is 1.01. The molecule has 1 heterocycles. The van der Waals surface area contributed by atoms with E-state index in [1.165, 1.54) is 24.2 Å². The van der Waals surface area contributed by atoms with Gasteiger partial charge in [0.1, 0.15) is 4.21 Å². The number of rotatable bonds is 11. The summed E-state index contributed by atoms with van der Waals surface area (Å²) in [6.07, 6.45) is 3.54. The van der Waals surface area contributed by atoms with Gasteiger partial charge in [0.25, 0.3) is 0 Å². The van der Waals surface area contributed by atoms with E-state index in [-0.39, 0.29) is 0 Å². The first-order valence-corrected chi connectivity index (χ1v) is 10.5. The summed E-state index contributed by atoms with van der Waals surface area (Å²) in [7, 11) is -1.71. The van der Waals surface area contributed by atoms with Crippen molar-refractivity contribution in [3.63, 3.8) is 0 Å². The molecule has 7 nitrogen and oxygen atoms in total. The molecule has 1 aromatic heterocycles. The first-order valence-electron chi connectivity index (χ1n) is 8.17. The van der Waals surface area contributed by atoms with Crippen LogP contribution in [-0.4, -0.2) is 54.3 Å². The van der Waals surface area contributed by atoms with E-state index in [4.69, 9.17) is 4.74 Å². The molecule has 1 aliphatic carbocycles. The highest BCUT2D eigenvalue weighted by Gasteiger charge is 2.20. The van der Waals surface area contributed by atoms with Crippen LogP contribution < -0.4 is 15.4 Å². The van der Waals surface area contributed by atoms with Crippen LogP contribution in [0.3, 0.4) is 0 Å². The molecule has 1 aliphatic rings. The fourth-order valence-corrected chi connectivity index (χ4v) is 4.06. The van der Waals surface area contributed by atoms with Crippen LogP contribution in [0.5, 0.6) is 0 Å². The molecule has 0 bridgehead atoms. The Balaban J connectivity index is 1.53. The Hall–Kier alpha value is -1.16. The van der Waals surface area contributed by atoms with Crippen molar-refractivity contribution in [1.82, 2.24) is 15.4 Å².